The average molecular weight is 188 g/mol. The van der Waals surface area contributed by atoms with Crippen molar-refractivity contribution >= 4 is 11.8 Å². The summed E-state index contributed by atoms with van der Waals surface area (Å²) in [5.41, 5.74) is 2.44. The first-order valence-electron chi connectivity index (χ1n) is 4.36. The lowest BCUT2D eigenvalue weighted by Crippen LogP contribution is -2.53. The molecule has 0 radical (unpaired) electrons. The molecule has 0 heterocycles. The molecule has 74 valence electrons. The van der Waals surface area contributed by atoms with Gasteiger partial charge in [0.1, 0.15) is 0 Å². The third-order valence-corrected chi connectivity index (χ3v) is 2.19. The van der Waals surface area contributed by atoms with E-state index in [9.17, 15) is 14.0 Å². The minimum atomic E-state index is -1.75. The van der Waals surface area contributed by atoms with Crippen molar-refractivity contribution < 1.29 is 14.0 Å². The Hall–Kier alpha value is -1.13. The van der Waals surface area contributed by atoms with E-state index >= 15 is 0 Å². The molecule has 0 unspecified atom stereocenters. The standard InChI is InChI=1S/C8H13FN2O2/c1-2-6(12)10-11-7(13)8(9)4-3-5-8/h2-5H2,1H3,(H,10,12)(H,11,13). The molecule has 0 aliphatic heterocycles. The Morgan fingerprint density at radius 1 is 1.38 bits per heavy atom. The molecule has 1 fully saturated rings. The Kier molecular flexibility index (Phi) is 2.85. The van der Waals surface area contributed by atoms with E-state index in [2.05, 4.69) is 10.9 Å². The highest BCUT2D eigenvalue weighted by Crippen LogP contribution is 2.35. The van der Waals surface area contributed by atoms with Gasteiger partial charge in [0.2, 0.25) is 5.91 Å². The number of hydrogen-bond donors (Lipinski definition) is 2. The van der Waals surface area contributed by atoms with Crippen LogP contribution in [0.5, 0.6) is 0 Å². The molecule has 2 amide bonds. The van der Waals surface area contributed by atoms with Gasteiger partial charge >= 0.3 is 0 Å². The number of amides is 2. The zero-order valence-corrected chi connectivity index (χ0v) is 7.52. The molecule has 0 aromatic carbocycles. The average Bonchev–Trinajstić information content (AvgIpc) is 2.09. The van der Waals surface area contributed by atoms with Gasteiger partial charge in [-0.05, 0) is 19.3 Å². The van der Waals surface area contributed by atoms with Crippen molar-refractivity contribution in [2.45, 2.75) is 38.3 Å². The van der Waals surface area contributed by atoms with Crippen molar-refractivity contribution in [1.82, 2.24) is 10.9 Å². The highest BCUT2D eigenvalue weighted by atomic mass is 19.1. The number of carbonyl (C=O) groups excluding carboxylic acids is 2. The van der Waals surface area contributed by atoms with Gasteiger partial charge in [0.15, 0.2) is 5.67 Å². The molecular weight excluding hydrogens is 175 g/mol. The number of halogens is 1. The van der Waals surface area contributed by atoms with E-state index in [0.29, 0.717) is 0 Å². The number of alkyl halides is 1. The predicted molar refractivity (Wildman–Crippen MR) is 44.3 cm³/mol. The Morgan fingerprint density at radius 2 is 2.00 bits per heavy atom. The van der Waals surface area contributed by atoms with Crippen molar-refractivity contribution in [3.05, 3.63) is 0 Å². The number of carbonyl (C=O) groups is 2. The maximum Gasteiger partial charge on any atom is 0.276 e. The maximum absolute atomic E-state index is 13.3. The quantitative estimate of drug-likeness (QED) is 0.617. The summed E-state index contributed by atoms with van der Waals surface area (Å²) in [5, 5.41) is 0. The van der Waals surface area contributed by atoms with E-state index in [-0.39, 0.29) is 25.2 Å². The first kappa shape index (κ1) is 9.95. The van der Waals surface area contributed by atoms with Crippen LogP contribution in [0.1, 0.15) is 32.6 Å². The van der Waals surface area contributed by atoms with Gasteiger partial charge < -0.3 is 0 Å². The van der Waals surface area contributed by atoms with E-state index < -0.39 is 11.6 Å². The van der Waals surface area contributed by atoms with Crippen LogP contribution in [0.3, 0.4) is 0 Å². The number of hydrazine groups is 1. The zero-order chi connectivity index (χ0) is 9.90. The van der Waals surface area contributed by atoms with Crippen LogP contribution in [0.15, 0.2) is 0 Å². The lowest BCUT2D eigenvalue weighted by molar-refractivity contribution is -0.141. The summed E-state index contributed by atoms with van der Waals surface area (Å²) in [6.07, 6.45) is 1.49. The van der Waals surface area contributed by atoms with Crippen LogP contribution >= 0.6 is 0 Å². The number of rotatable bonds is 2. The monoisotopic (exact) mass is 188 g/mol. The third kappa shape index (κ3) is 2.17. The molecule has 0 atom stereocenters. The second kappa shape index (κ2) is 3.72. The minimum Gasteiger partial charge on any atom is -0.273 e. The molecule has 5 heteroatoms. The first-order chi connectivity index (χ1) is 6.08. The number of hydrogen-bond acceptors (Lipinski definition) is 2. The second-order valence-corrected chi connectivity index (χ2v) is 3.17. The normalized spacial score (nSPS) is 18.6. The molecule has 4 nitrogen and oxygen atoms in total. The molecule has 1 aliphatic rings. The van der Waals surface area contributed by atoms with Crippen LogP contribution < -0.4 is 10.9 Å². The molecule has 0 aromatic rings. The van der Waals surface area contributed by atoms with Crippen molar-refractivity contribution in [1.29, 1.82) is 0 Å². The van der Waals surface area contributed by atoms with E-state index in [4.69, 9.17) is 0 Å². The van der Waals surface area contributed by atoms with Gasteiger partial charge in [0.05, 0.1) is 0 Å². The Morgan fingerprint density at radius 3 is 2.38 bits per heavy atom. The van der Waals surface area contributed by atoms with Gasteiger partial charge in [-0.3, -0.25) is 20.4 Å². The summed E-state index contributed by atoms with van der Waals surface area (Å²) in [6.45, 7) is 1.65. The molecule has 1 rings (SSSR count). The van der Waals surface area contributed by atoms with Crippen LogP contribution in [0, 0.1) is 0 Å². The highest BCUT2D eigenvalue weighted by Gasteiger charge is 2.44. The predicted octanol–water partition coefficient (Wildman–Crippen LogP) is 0.436. The Bertz CT molecular complexity index is 226. The fraction of sp³-hybridized carbons (Fsp3) is 0.750. The van der Waals surface area contributed by atoms with Crippen LogP contribution in [-0.4, -0.2) is 17.5 Å². The fourth-order valence-electron chi connectivity index (χ4n) is 1.04. The zero-order valence-electron chi connectivity index (χ0n) is 7.52. The van der Waals surface area contributed by atoms with Gasteiger partial charge in [0.25, 0.3) is 5.91 Å². The molecule has 0 spiro atoms. The van der Waals surface area contributed by atoms with E-state index in [1.807, 2.05) is 0 Å². The maximum atomic E-state index is 13.3. The smallest absolute Gasteiger partial charge is 0.273 e. The molecule has 1 saturated carbocycles. The van der Waals surface area contributed by atoms with Crippen LogP contribution in [0.4, 0.5) is 4.39 Å². The molecule has 0 saturated heterocycles. The van der Waals surface area contributed by atoms with Gasteiger partial charge in [-0.25, -0.2) is 4.39 Å². The van der Waals surface area contributed by atoms with E-state index in [1.165, 1.54) is 0 Å². The molecule has 1 aliphatic carbocycles. The SMILES string of the molecule is CCC(=O)NNC(=O)C1(F)CCC1. The van der Waals surface area contributed by atoms with Crippen molar-refractivity contribution in [3.63, 3.8) is 0 Å². The summed E-state index contributed by atoms with van der Waals surface area (Å²) in [6, 6.07) is 0. The Labute approximate surface area is 75.8 Å². The third-order valence-electron chi connectivity index (χ3n) is 2.19. The topological polar surface area (TPSA) is 58.2 Å². The summed E-state index contributed by atoms with van der Waals surface area (Å²) < 4.78 is 13.3. The van der Waals surface area contributed by atoms with Crippen LogP contribution in [0.25, 0.3) is 0 Å². The van der Waals surface area contributed by atoms with Crippen LogP contribution in [0.2, 0.25) is 0 Å². The van der Waals surface area contributed by atoms with E-state index in [0.717, 1.165) is 6.42 Å². The fourth-order valence-corrected chi connectivity index (χ4v) is 1.04. The van der Waals surface area contributed by atoms with Gasteiger partial charge in [-0.2, -0.15) is 0 Å². The van der Waals surface area contributed by atoms with Gasteiger partial charge in [-0.1, -0.05) is 6.92 Å². The summed E-state index contributed by atoms with van der Waals surface area (Å²) in [7, 11) is 0. The summed E-state index contributed by atoms with van der Waals surface area (Å²) >= 11 is 0. The second-order valence-electron chi connectivity index (χ2n) is 3.17. The first-order valence-corrected chi connectivity index (χ1v) is 4.36. The van der Waals surface area contributed by atoms with Crippen molar-refractivity contribution in [3.8, 4) is 0 Å². The Balaban J connectivity index is 2.29. The molecule has 2 N–H and O–H groups in total. The molecule has 0 aromatic heterocycles. The largest absolute Gasteiger partial charge is 0.276 e. The number of nitrogens with one attached hydrogen (secondary N) is 2. The van der Waals surface area contributed by atoms with Gasteiger partial charge in [-0.15, -0.1) is 0 Å². The van der Waals surface area contributed by atoms with E-state index in [1.54, 1.807) is 6.92 Å². The lowest BCUT2D eigenvalue weighted by Gasteiger charge is -2.31. The summed E-state index contributed by atoms with van der Waals surface area (Å²) in [4.78, 5) is 21.8. The molecule has 0 bridgehead atoms. The van der Waals surface area contributed by atoms with Crippen molar-refractivity contribution in [2.75, 3.05) is 0 Å². The van der Waals surface area contributed by atoms with Gasteiger partial charge in [0, 0.05) is 6.42 Å². The summed E-state index contributed by atoms with van der Waals surface area (Å²) in [5.74, 6) is -1.06. The molecule has 13 heavy (non-hydrogen) atoms. The highest BCUT2D eigenvalue weighted by molar-refractivity contribution is 5.88. The lowest BCUT2D eigenvalue weighted by atomic mass is 9.81. The van der Waals surface area contributed by atoms with Crippen LogP contribution in [-0.2, 0) is 9.59 Å². The minimum absolute atomic E-state index is 0.251. The molecular formula is C8H13FN2O2. The van der Waals surface area contributed by atoms with Crippen molar-refractivity contribution in [2.24, 2.45) is 0 Å².